The van der Waals surface area contributed by atoms with Crippen molar-refractivity contribution in [3.8, 4) is 0 Å². The van der Waals surface area contributed by atoms with Crippen LogP contribution in [-0.4, -0.2) is 12.8 Å². The Kier molecular flexibility index (Phi) is 6.65. The lowest BCUT2D eigenvalue weighted by Gasteiger charge is -2.12. The molecule has 0 aliphatic rings. The highest BCUT2D eigenvalue weighted by molar-refractivity contribution is 7.97. The molecule has 0 spiro atoms. The summed E-state index contributed by atoms with van der Waals surface area (Å²) in [6.07, 6.45) is 4.59. The minimum Gasteiger partial charge on any atom is -0.464 e. The van der Waals surface area contributed by atoms with Crippen LogP contribution in [0.2, 0.25) is 0 Å². The topological polar surface area (TPSA) is 25.2 Å². The molecule has 0 unspecified atom stereocenters. The second-order valence-electron chi connectivity index (χ2n) is 4.11. The second kappa shape index (κ2) is 7.80. The normalized spacial score (nSPS) is 11.2. The van der Waals surface area contributed by atoms with E-state index in [1.54, 1.807) is 11.8 Å². The third-order valence-electron chi connectivity index (χ3n) is 2.89. The molecule has 92 valence electrons. The SMILES string of the molecule is CCC(CC)CNCc1ccc(CSC)o1. The molecule has 1 heterocycles. The summed E-state index contributed by atoms with van der Waals surface area (Å²) in [4.78, 5) is 0. The molecule has 1 rings (SSSR count). The zero-order valence-electron chi connectivity index (χ0n) is 10.6. The van der Waals surface area contributed by atoms with Crippen molar-refractivity contribution in [2.45, 2.75) is 39.0 Å². The molecular formula is C13H23NOS. The lowest BCUT2D eigenvalue weighted by atomic mass is 10.0. The van der Waals surface area contributed by atoms with E-state index in [1.165, 1.54) is 12.8 Å². The van der Waals surface area contributed by atoms with E-state index in [2.05, 4.69) is 37.6 Å². The Morgan fingerprint density at radius 3 is 2.56 bits per heavy atom. The Morgan fingerprint density at radius 2 is 1.94 bits per heavy atom. The summed E-state index contributed by atoms with van der Waals surface area (Å²) in [6.45, 7) is 6.44. The molecule has 0 aromatic carbocycles. The number of nitrogens with one attached hydrogen (secondary N) is 1. The van der Waals surface area contributed by atoms with Crippen LogP contribution in [0.4, 0.5) is 0 Å². The predicted octanol–water partition coefficient (Wildman–Crippen LogP) is 3.67. The zero-order valence-corrected chi connectivity index (χ0v) is 11.4. The largest absolute Gasteiger partial charge is 0.464 e. The Balaban J connectivity index is 2.25. The van der Waals surface area contributed by atoms with Crippen LogP contribution >= 0.6 is 11.8 Å². The predicted molar refractivity (Wildman–Crippen MR) is 71.7 cm³/mol. The van der Waals surface area contributed by atoms with Gasteiger partial charge in [0.1, 0.15) is 11.5 Å². The third kappa shape index (κ3) is 4.62. The Morgan fingerprint density at radius 1 is 1.25 bits per heavy atom. The average molecular weight is 241 g/mol. The molecule has 3 heteroatoms. The maximum Gasteiger partial charge on any atom is 0.117 e. The smallest absolute Gasteiger partial charge is 0.117 e. The first-order valence-electron chi connectivity index (χ1n) is 6.07. The van der Waals surface area contributed by atoms with Gasteiger partial charge < -0.3 is 9.73 Å². The summed E-state index contributed by atoms with van der Waals surface area (Å²) in [5.74, 6) is 3.88. The van der Waals surface area contributed by atoms with Crippen LogP contribution in [0.15, 0.2) is 16.5 Å². The lowest BCUT2D eigenvalue weighted by molar-refractivity contribution is 0.415. The quantitative estimate of drug-likeness (QED) is 0.752. The van der Waals surface area contributed by atoms with Gasteiger partial charge >= 0.3 is 0 Å². The van der Waals surface area contributed by atoms with Gasteiger partial charge in [0.15, 0.2) is 0 Å². The highest BCUT2D eigenvalue weighted by Crippen LogP contribution is 2.13. The van der Waals surface area contributed by atoms with Crippen LogP contribution in [-0.2, 0) is 12.3 Å². The van der Waals surface area contributed by atoms with Gasteiger partial charge in [-0.05, 0) is 30.9 Å². The molecule has 1 aromatic heterocycles. The van der Waals surface area contributed by atoms with E-state index >= 15 is 0 Å². The van der Waals surface area contributed by atoms with Crippen LogP contribution in [0.1, 0.15) is 38.2 Å². The summed E-state index contributed by atoms with van der Waals surface area (Å²) < 4.78 is 5.69. The molecule has 0 atom stereocenters. The van der Waals surface area contributed by atoms with Crippen molar-refractivity contribution in [3.63, 3.8) is 0 Å². The van der Waals surface area contributed by atoms with E-state index in [4.69, 9.17) is 4.42 Å². The summed E-state index contributed by atoms with van der Waals surface area (Å²) >= 11 is 1.79. The van der Waals surface area contributed by atoms with Gasteiger partial charge in [0.25, 0.3) is 0 Å². The van der Waals surface area contributed by atoms with Crippen molar-refractivity contribution in [1.29, 1.82) is 0 Å². The average Bonchev–Trinajstić information content (AvgIpc) is 2.73. The number of furan rings is 1. The molecular weight excluding hydrogens is 218 g/mol. The van der Waals surface area contributed by atoms with Crippen LogP contribution in [0.25, 0.3) is 0 Å². The Bertz CT molecular complexity index is 281. The van der Waals surface area contributed by atoms with Gasteiger partial charge in [-0.2, -0.15) is 11.8 Å². The van der Waals surface area contributed by atoms with Crippen LogP contribution in [0.5, 0.6) is 0 Å². The maximum atomic E-state index is 5.69. The summed E-state index contributed by atoms with van der Waals surface area (Å²) in [5, 5.41) is 3.46. The summed E-state index contributed by atoms with van der Waals surface area (Å²) in [6, 6.07) is 4.15. The molecule has 0 bridgehead atoms. The summed E-state index contributed by atoms with van der Waals surface area (Å²) in [7, 11) is 0. The van der Waals surface area contributed by atoms with E-state index in [0.717, 1.165) is 36.3 Å². The first-order chi connectivity index (χ1) is 7.80. The molecule has 0 saturated carbocycles. The van der Waals surface area contributed by atoms with Gasteiger partial charge in [-0.15, -0.1) is 0 Å². The molecule has 1 aromatic rings. The Hall–Kier alpha value is -0.410. The molecule has 16 heavy (non-hydrogen) atoms. The van der Waals surface area contributed by atoms with Crippen LogP contribution in [0, 0.1) is 5.92 Å². The highest BCUT2D eigenvalue weighted by atomic mass is 32.2. The molecule has 0 aliphatic heterocycles. The molecule has 0 aliphatic carbocycles. The fourth-order valence-electron chi connectivity index (χ4n) is 1.71. The first kappa shape index (κ1) is 13.7. The van der Waals surface area contributed by atoms with Crippen molar-refractivity contribution >= 4 is 11.8 Å². The van der Waals surface area contributed by atoms with Crippen molar-refractivity contribution in [3.05, 3.63) is 23.7 Å². The van der Waals surface area contributed by atoms with Gasteiger partial charge in [-0.1, -0.05) is 26.7 Å². The van der Waals surface area contributed by atoms with Crippen molar-refractivity contribution in [2.24, 2.45) is 5.92 Å². The fraction of sp³-hybridized carbons (Fsp3) is 0.692. The molecule has 0 saturated heterocycles. The van der Waals surface area contributed by atoms with Gasteiger partial charge in [-0.25, -0.2) is 0 Å². The van der Waals surface area contributed by atoms with E-state index in [9.17, 15) is 0 Å². The van der Waals surface area contributed by atoms with Crippen molar-refractivity contribution in [1.82, 2.24) is 5.32 Å². The zero-order chi connectivity index (χ0) is 11.8. The molecule has 0 fully saturated rings. The lowest BCUT2D eigenvalue weighted by Crippen LogP contribution is -2.21. The van der Waals surface area contributed by atoms with Crippen LogP contribution in [0.3, 0.4) is 0 Å². The minimum atomic E-state index is 0.792. The first-order valence-corrected chi connectivity index (χ1v) is 7.46. The molecule has 0 amide bonds. The highest BCUT2D eigenvalue weighted by Gasteiger charge is 2.04. The third-order valence-corrected chi connectivity index (χ3v) is 3.46. The van der Waals surface area contributed by atoms with E-state index < -0.39 is 0 Å². The van der Waals surface area contributed by atoms with Crippen molar-refractivity contribution < 1.29 is 4.42 Å². The van der Waals surface area contributed by atoms with Gasteiger partial charge in [0, 0.05) is 0 Å². The number of hydrogen-bond acceptors (Lipinski definition) is 3. The number of thioether (sulfide) groups is 1. The van der Waals surface area contributed by atoms with Gasteiger partial charge in [0.2, 0.25) is 0 Å². The second-order valence-corrected chi connectivity index (χ2v) is 4.98. The monoisotopic (exact) mass is 241 g/mol. The van der Waals surface area contributed by atoms with Gasteiger partial charge in [-0.3, -0.25) is 0 Å². The van der Waals surface area contributed by atoms with E-state index in [1.807, 2.05) is 0 Å². The number of hydrogen-bond donors (Lipinski definition) is 1. The Labute approximate surface area is 103 Å². The van der Waals surface area contributed by atoms with Crippen molar-refractivity contribution in [2.75, 3.05) is 12.8 Å². The molecule has 1 N–H and O–H groups in total. The van der Waals surface area contributed by atoms with E-state index in [-0.39, 0.29) is 0 Å². The summed E-state index contributed by atoms with van der Waals surface area (Å²) in [5.41, 5.74) is 0. The fourth-order valence-corrected chi connectivity index (χ4v) is 2.15. The van der Waals surface area contributed by atoms with Crippen LogP contribution < -0.4 is 5.32 Å². The number of rotatable bonds is 8. The van der Waals surface area contributed by atoms with E-state index in [0.29, 0.717) is 0 Å². The molecule has 0 radical (unpaired) electrons. The minimum absolute atomic E-state index is 0.792. The molecule has 2 nitrogen and oxygen atoms in total. The maximum absolute atomic E-state index is 5.69. The standard InChI is InChI=1S/C13H23NOS/c1-4-11(5-2)8-14-9-12-6-7-13(15-12)10-16-3/h6-7,11,14H,4-5,8-10H2,1-3H3. The van der Waals surface area contributed by atoms with Gasteiger partial charge in [0.05, 0.1) is 12.3 Å².